The van der Waals surface area contributed by atoms with E-state index in [-0.39, 0.29) is 24.9 Å². The van der Waals surface area contributed by atoms with Crippen LogP contribution in [0.3, 0.4) is 0 Å². The predicted molar refractivity (Wildman–Crippen MR) is 87.9 cm³/mol. The van der Waals surface area contributed by atoms with E-state index in [1.807, 2.05) is 46.7 Å². The summed E-state index contributed by atoms with van der Waals surface area (Å²) in [7, 11) is 3.81. The Morgan fingerprint density at radius 2 is 1.80 bits per heavy atom. The maximum atomic E-state index is 10.1. The summed E-state index contributed by atoms with van der Waals surface area (Å²) in [5.41, 5.74) is 0. The van der Waals surface area contributed by atoms with E-state index in [1.54, 1.807) is 0 Å². The van der Waals surface area contributed by atoms with Crippen LogP contribution in [-0.4, -0.2) is 92.2 Å². The van der Waals surface area contributed by atoms with E-state index in [0.29, 0.717) is 13.2 Å². The number of ether oxygens (including phenoxy) is 6. The third kappa shape index (κ3) is 4.51. The lowest BCUT2D eigenvalue weighted by molar-refractivity contribution is -0.237. The van der Waals surface area contributed by atoms with Crippen LogP contribution in [0.2, 0.25) is 0 Å². The van der Waals surface area contributed by atoms with Gasteiger partial charge in [-0.2, -0.15) is 0 Å². The molecule has 25 heavy (non-hydrogen) atoms. The molecule has 8 heteroatoms. The Hall–Kier alpha value is -0.320. The highest BCUT2D eigenvalue weighted by atomic mass is 16.8. The molecule has 8 nitrogen and oxygen atoms in total. The van der Waals surface area contributed by atoms with Crippen molar-refractivity contribution < 1.29 is 33.5 Å². The Kier molecular flexibility index (Phi) is 5.45. The molecule has 0 saturated carbocycles. The van der Waals surface area contributed by atoms with Gasteiger partial charge >= 0.3 is 0 Å². The van der Waals surface area contributed by atoms with Crippen molar-refractivity contribution in [2.75, 3.05) is 33.9 Å². The normalized spacial score (nSPS) is 40.6. The van der Waals surface area contributed by atoms with Gasteiger partial charge in [-0.05, 0) is 41.8 Å². The van der Waals surface area contributed by atoms with Gasteiger partial charge in [-0.25, -0.2) is 0 Å². The number of nitrogens with zero attached hydrogens (tertiary/aromatic N) is 1. The van der Waals surface area contributed by atoms with E-state index >= 15 is 0 Å². The molecule has 3 aliphatic rings. The van der Waals surface area contributed by atoms with Gasteiger partial charge in [-0.3, -0.25) is 0 Å². The number of aliphatic hydroxyl groups is 1. The van der Waals surface area contributed by atoms with Gasteiger partial charge in [0, 0.05) is 6.54 Å². The van der Waals surface area contributed by atoms with Gasteiger partial charge in [0.05, 0.1) is 19.3 Å². The third-order valence-corrected chi connectivity index (χ3v) is 4.48. The minimum absolute atomic E-state index is 0.187. The second-order valence-corrected chi connectivity index (χ2v) is 8.15. The summed E-state index contributed by atoms with van der Waals surface area (Å²) in [6.07, 6.45) is -2.51. The van der Waals surface area contributed by atoms with Crippen molar-refractivity contribution in [1.82, 2.24) is 4.90 Å². The number of aliphatic hydroxyl groups excluding tert-OH is 1. The zero-order valence-electron chi connectivity index (χ0n) is 15.9. The van der Waals surface area contributed by atoms with Crippen LogP contribution in [0.1, 0.15) is 27.7 Å². The fourth-order valence-electron chi connectivity index (χ4n) is 3.57. The van der Waals surface area contributed by atoms with Gasteiger partial charge in [-0.1, -0.05) is 0 Å². The Labute approximate surface area is 149 Å². The Morgan fingerprint density at radius 1 is 1.08 bits per heavy atom. The molecule has 1 N–H and O–H groups in total. The molecular formula is C17H31NO7. The minimum Gasteiger partial charge on any atom is -0.389 e. The molecule has 0 bridgehead atoms. The van der Waals surface area contributed by atoms with Crippen molar-refractivity contribution in [3.63, 3.8) is 0 Å². The Balaban J connectivity index is 1.67. The Morgan fingerprint density at radius 3 is 2.40 bits per heavy atom. The summed E-state index contributed by atoms with van der Waals surface area (Å²) in [6, 6.07) is 0. The van der Waals surface area contributed by atoms with Crippen molar-refractivity contribution >= 4 is 0 Å². The number of likely N-dealkylation sites (N-methyl/N-ethyl adjacent to an activating group) is 1. The maximum absolute atomic E-state index is 10.1. The molecule has 0 aromatic rings. The summed E-state index contributed by atoms with van der Waals surface area (Å²) in [5, 5.41) is 10.1. The molecule has 3 heterocycles. The first kappa shape index (κ1) is 19.4. The summed E-state index contributed by atoms with van der Waals surface area (Å²) in [4.78, 5) is 1.91. The van der Waals surface area contributed by atoms with Crippen LogP contribution in [-0.2, 0) is 28.4 Å². The van der Waals surface area contributed by atoms with Crippen LogP contribution in [0.4, 0.5) is 0 Å². The van der Waals surface area contributed by atoms with Crippen LogP contribution in [0.25, 0.3) is 0 Å². The molecule has 0 radical (unpaired) electrons. The SMILES string of the molecule is CN(C)CC(O)CO[C@@H]1[C@H]2OC(C)(C)O[C@H]2O[C@@H]1[C@H]1COC(C)(C)O1. The van der Waals surface area contributed by atoms with Gasteiger partial charge < -0.3 is 38.4 Å². The van der Waals surface area contributed by atoms with Crippen molar-refractivity contribution in [3.05, 3.63) is 0 Å². The highest BCUT2D eigenvalue weighted by molar-refractivity contribution is 4.99. The number of fused-ring (bicyclic) bond motifs is 1. The molecule has 6 atom stereocenters. The quantitative estimate of drug-likeness (QED) is 0.725. The number of hydrogen-bond donors (Lipinski definition) is 1. The summed E-state index contributed by atoms with van der Waals surface area (Å²) < 4.78 is 35.5. The lowest BCUT2D eigenvalue weighted by Gasteiger charge is -2.29. The standard InChI is InChI=1S/C17H31NO7/c1-16(2)21-9-11(23-16)12-13(20-8-10(19)7-18(5)6)14-15(22-12)25-17(3,4)24-14/h10-15,19H,7-9H2,1-6H3/t10?,11-,12-,13+,14-,15-/m1/s1. The molecule has 0 aromatic heterocycles. The molecule has 3 aliphatic heterocycles. The molecular weight excluding hydrogens is 330 g/mol. The second-order valence-electron chi connectivity index (χ2n) is 8.15. The number of rotatable bonds is 6. The van der Waals surface area contributed by atoms with Crippen LogP contribution < -0.4 is 0 Å². The third-order valence-electron chi connectivity index (χ3n) is 4.48. The summed E-state index contributed by atoms with van der Waals surface area (Å²) in [5.74, 6) is -1.38. The lowest BCUT2D eigenvalue weighted by Crippen LogP contribution is -2.45. The smallest absolute Gasteiger partial charge is 0.190 e. The highest BCUT2D eigenvalue weighted by Crippen LogP contribution is 2.41. The first-order chi connectivity index (χ1) is 11.6. The zero-order valence-corrected chi connectivity index (χ0v) is 15.9. The largest absolute Gasteiger partial charge is 0.389 e. The van der Waals surface area contributed by atoms with Crippen molar-refractivity contribution in [2.45, 2.75) is 76.1 Å². The molecule has 0 amide bonds. The van der Waals surface area contributed by atoms with Crippen molar-refractivity contribution in [1.29, 1.82) is 0 Å². The van der Waals surface area contributed by atoms with Gasteiger partial charge in [-0.15, -0.1) is 0 Å². The maximum Gasteiger partial charge on any atom is 0.190 e. The summed E-state index contributed by atoms with van der Waals surface area (Å²) >= 11 is 0. The topological polar surface area (TPSA) is 78.9 Å². The fourth-order valence-corrected chi connectivity index (χ4v) is 3.57. The van der Waals surface area contributed by atoms with Gasteiger partial charge in [0.15, 0.2) is 17.9 Å². The van der Waals surface area contributed by atoms with E-state index in [0.717, 1.165) is 0 Å². The lowest BCUT2D eigenvalue weighted by atomic mass is 10.1. The van der Waals surface area contributed by atoms with Crippen molar-refractivity contribution in [3.8, 4) is 0 Å². The average Bonchev–Trinajstić information content (AvgIpc) is 3.05. The van der Waals surface area contributed by atoms with Crippen LogP contribution in [0, 0.1) is 0 Å². The van der Waals surface area contributed by atoms with Gasteiger partial charge in [0.25, 0.3) is 0 Å². The van der Waals surface area contributed by atoms with Gasteiger partial charge in [0.1, 0.15) is 24.4 Å². The first-order valence-corrected chi connectivity index (χ1v) is 8.83. The average molecular weight is 361 g/mol. The number of hydrogen-bond acceptors (Lipinski definition) is 8. The fraction of sp³-hybridized carbons (Fsp3) is 1.00. The molecule has 3 fully saturated rings. The second kappa shape index (κ2) is 7.01. The summed E-state index contributed by atoms with van der Waals surface area (Å²) in [6.45, 7) is 8.56. The van der Waals surface area contributed by atoms with Crippen LogP contribution in [0.15, 0.2) is 0 Å². The molecule has 0 spiro atoms. The van der Waals surface area contributed by atoms with Crippen molar-refractivity contribution in [2.24, 2.45) is 0 Å². The van der Waals surface area contributed by atoms with Crippen LogP contribution >= 0.6 is 0 Å². The zero-order chi connectivity index (χ0) is 18.4. The van der Waals surface area contributed by atoms with E-state index < -0.39 is 30.1 Å². The molecule has 1 unspecified atom stereocenters. The monoisotopic (exact) mass is 361 g/mol. The molecule has 0 aromatic carbocycles. The predicted octanol–water partition coefficient (Wildman–Crippen LogP) is 0.322. The van der Waals surface area contributed by atoms with E-state index in [2.05, 4.69) is 0 Å². The highest BCUT2D eigenvalue weighted by Gasteiger charge is 2.58. The molecule has 0 aliphatic carbocycles. The first-order valence-electron chi connectivity index (χ1n) is 8.83. The molecule has 3 saturated heterocycles. The Bertz CT molecular complexity index is 470. The van der Waals surface area contributed by atoms with Gasteiger partial charge in [0.2, 0.25) is 0 Å². The minimum atomic E-state index is -0.726. The van der Waals surface area contributed by atoms with E-state index in [9.17, 15) is 5.11 Å². The molecule has 3 rings (SSSR count). The van der Waals surface area contributed by atoms with E-state index in [1.165, 1.54) is 0 Å². The van der Waals surface area contributed by atoms with Crippen LogP contribution in [0.5, 0.6) is 0 Å². The van der Waals surface area contributed by atoms with E-state index in [4.69, 9.17) is 28.4 Å². The molecule has 146 valence electrons.